The monoisotopic (exact) mass is 197 g/mol. The third-order valence-electron chi connectivity index (χ3n) is 2.77. The van der Waals surface area contributed by atoms with E-state index in [0.29, 0.717) is 10.7 Å². The topological polar surface area (TPSA) is 42.2 Å². The summed E-state index contributed by atoms with van der Waals surface area (Å²) in [4.78, 5) is 7.77. The predicted molar refractivity (Wildman–Crippen MR) is 55.6 cm³/mol. The Morgan fingerprint density at radius 2 is 2.46 bits per heavy atom. The zero-order valence-electron chi connectivity index (χ0n) is 8.08. The van der Waals surface area contributed by atoms with Crippen LogP contribution in [0.1, 0.15) is 25.1 Å². The van der Waals surface area contributed by atoms with Crippen molar-refractivity contribution in [2.24, 2.45) is 0 Å². The van der Waals surface area contributed by atoms with Gasteiger partial charge in [-0.15, -0.1) is 11.3 Å². The first-order valence-corrected chi connectivity index (χ1v) is 5.35. The Hall–Kier alpha value is -0.610. The Labute approximate surface area is 82.6 Å². The van der Waals surface area contributed by atoms with Crippen LogP contribution in [0.4, 0.5) is 5.13 Å². The normalized spacial score (nSPS) is 21.4. The number of nitrogen functional groups attached to an aromatic ring is 1. The summed E-state index contributed by atoms with van der Waals surface area (Å²) in [5.74, 6) is 0. The van der Waals surface area contributed by atoms with E-state index in [4.69, 9.17) is 5.73 Å². The van der Waals surface area contributed by atoms with Crippen molar-refractivity contribution in [2.45, 2.75) is 32.4 Å². The average Bonchev–Trinajstić information content (AvgIpc) is 2.46. The molecule has 0 amide bonds. The van der Waals surface area contributed by atoms with Gasteiger partial charge in [-0.3, -0.25) is 4.90 Å². The Morgan fingerprint density at radius 3 is 2.85 bits per heavy atom. The minimum atomic E-state index is 0.374. The number of thiazole rings is 1. The van der Waals surface area contributed by atoms with E-state index in [9.17, 15) is 0 Å². The number of hydrogen-bond acceptors (Lipinski definition) is 4. The van der Waals surface area contributed by atoms with Crippen molar-refractivity contribution in [3.8, 4) is 0 Å². The van der Waals surface area contributed by atoms with Gasteiger partial charge >= 0.3 is 0 Å². The highest BCUT2D eigenvalue weighted by molar-refractivity contribution is 7.15. The molecular formula is C9H15N3S. The molecule has 2 rings (SSSR count). The minimum absolute atomic E-state index is 0.374. The van der Waals surface area contributed by atoms with Crippen LogP contribution in [0.25, 0.3) is 0 Å². The second-order valence-corrected chi connectivity index (χ2v) is 5.30. The van der Waals surface area contributed by atoms with E-state index in [1.807, 2.05) is 6.20 Å². The molecule has 0 bridgehead atoms. The Morgan fingerprint density at radius 1 is 1.69 bits per heavy atom. The van der Waals surface area contributed by atoms with E-state index in [2.05, 4.69) is 23.7 Å². The highest BCUT2D eigenvalue weighted by atomic mass is 32.1. The second kappa shape index (κ2) is 2.96. The van der Waals surface area contributed by atoms with Crippen molar-refractivity contribution in [3.63, 3.8) is 0 Å². The number of anilines is 1. The molecule has 0 aliphatic carbocycles. The lowest BCUT2D eigenvalue weighted by Crippen LogP contribution is -2.54. The first kappa shape index (κ1) is 8.97. The summed E-state index contributed by atoms with van der Waals surface area (Å²) < 4.78 is 0. The minimum Gasteiger partial charge on any atom is -0.375 e. The van der Waals surface area contributed by atoms with E-state index in [0.717, 1.165) is 6.54 Å². The molecule has 2 N–H and O–H groups in total. The van der Waals surface area contributed by atoms with E-state index in [1.54, 1.807) is 11.3 Å². The van der Waals surface area contributed by atoms with Crippen LogP contribution in [0.15, 0.2) is 6.20 Å². The molecule has 0 atom stereocenters. The summed E-state index contributed by atoms with van der Waals surface area (Å²) in [6.07, 6.45) is 3.18. The summed E-state index contributed by atoms with van der Waals surface area (Å²) >= 11 is 1.59. The molecule has 13 heavy (non-hydrogen) atoms. The van der Waals surface area contributed by atoms with Crippen molar-refractivity contribution in [1.82, 2.24) is 9.88 Å². The summed E-state index contributed by atoms with van der Waals surface area (Å²) in [5.41, 5.74) is 5.94. The first-order valence-electron chi connectivity index (χ1n) is 4.53. The molecule has 0 unspecified atom stereocenters. The molecule has 1 fully saturated rings. The SMILES string of the molecule is CC1(C)CCN1Cc1cnc(N)s1. The summed E-state index contributed by atoms with van der Waals surface area (Å²) in [6, 6.07) is 0. The molecule has 4 heteroatoms. The van der Waals surface area contributed by atoms with Gasteiger partial charge in [-0.1, -0.05) is 0 Å². The van der Waals surface area contributed by atoms with Crippen LogP contribution < -0.4 is 5.73 Å². The number of aromatic nitrogens is 1. The molecule has 1 aromatic rings. The van der Waals surface area contributed by atoms with Crippen LogP contribution in [0.2, 0.25) is 0 Å². The van der Waals surface area contributed by atoms with Gasteiger partial charge in [0, 0.05) is 29.7 Å². The molecule has 0 radical (unpaired) electrons. The molecule has 1 saturated heterocycles. The second-order valence-electron chi connectivity index (χ2n) is 4.15. The molecule has 3 nitrogen and oxygen atoms in total. The fourth-order valence-electron chi connectivity index (χ4n) is 1.59. The van der Waals surface area contributed by atoms with Crippen LogP contribution in [0.3, 0.4) is 0 Å². The van der Waals surface area contributed by atoms with E-state index in [1.165, 1.54) is 17.8 Å². The van der Waals surface area contributed by atoms with Crippen LogP contribution in [0.5, 0.6) is 0 Å². The van der Waals surface area contributed by atoms with Crippen molar-refractivity contribution in [1.29, 1.82) is 0 Å². The zero-order valence-corrected chi connectivity index (χ0v) is 8.90. The number of hydrogen-bond donors (Lipinski definition) is 1. The van der Waals surface area contributed by atoms with Crippen molar-refractivity contribution < 1.29 is 0 Å². The number of rotatable bonds is 2. The van der Waals surface area contributed by atoms with Crippen molar-refractivity contribution in [2.75, 3.05) is 12.3 Å². The summed E-state index contributed by atoms with van der Waals surface area (Å²) in [6.45, 7) is 6.76. The van der Waals surface area contributed by atoms with Gasteiger partial charge in [0.25, 0.3) is 0 Å². The standard InChI is InChI=1S/C9H15N3S/c1-9(2)3-4-12(9)6-7-5-11-8(10)13-7/h5H,3-4,6H2,1-2H3,(H2,10,11). The number of likely N-dealkylation sites (tertiary alicyclic amines) is 1. The maximum atomic E-state index is 5.57. The van der Waals surface area contributed by atoms with Gasteiger partial charge in [0.2, 0.25) is 0 Å². The highest BCUT2D eigenvalue weighted by Gasteiger charge is 2.35. The Balaban J connectivity index is 1.99. The summed E-state index contributed by atoms with van der Waals surface area (Å²) in [5, 5.41) is 0.674. The molecule has 1 aliphatic rings. The highest BCUT2D eigenvalue weighted by Crippen LogP contribution is 2.32. The quantitative estimate of drug-likeness (QED) is 0.784. The third-order valence-corrected chi connectivity index (χ3v) is 3.58. The van der Waals surface area contributed by atoms with Gasteiger partial charge in [0.1, 0.15) is 0 Å². The molecule has 1 aromatic heterocycles. The molecular weight excluding hydrogens is 182 g/mol. The lowest BCUT2D eigenvalue weighted by molar-refractivity contribution is 0.00882. The fourth-order valence-corrected chi connectivity index (χ4v) is 2.29. The fraction of sp³-hybridized carbons (Fsp3) is 0.667. The largest absolute Gasteiger partial charge is 0.375 e. The van der Waals surface area contributed by atoms with E-state index in [-0.39, 0.29) is 0 Å². The molecule has 0 saturated carbocycles. The van der Waals surface area contributed by atoms with Gasteiger partial charge in [-0.05, 0) is 20.3 Å². The van der Waals surface area contributed by atoms with Crippen LogP contribution in [-0.2, 0) is 6.54 Å². The molecule has 0 aromatic carbocycles. The summed E-state index contributed by atoms with van der Waals surface area (Å²) in [7, 11) is 0. The van der Waals surface area contributed by atoms with Crippen LogP contribution in [-0.4, -0.2) is 22.0 Å². The Kier molecular flexibility index (Phi) is 2.04. The Bertz CT molecular complexity index is 306. The number of nitrogens with zero attached hydrogens (tertiary/aromatic N) is 2. The van der Waals surface area contributed by atoms with E-state index >= 15 is 0 Å². The smallest absolute Gasteiger partial charge is 0.180 e. The van der Waals surface area contributed by atoms with Gasteiger partial charge in [-0.2, -0.15) is 0 Å². The molecule has 1 aliphatic heterocycles. The van der Waals surface area contributed by atoms with Gasteiger partial charge < -0.3 is 5.73 Å². The van der Waals surface area contributed by atoms with Crippen molar-refractivity contribution >= 4 is 16.5 Å². The van der Waals surface area contributed by atoms with Crippen molar-refractivity contribution in [3.05, 3.63) is 11.1 Å². The molecule has 2 heterocycles. The lowest BCUT2D eigenvalue weighted by atomic mass is 9.89. The van der Waals surface area contributed by atoms with Gasteiger partial charge in [0.05, 0.1) is 0 Å². The maximum Gasteiger partial charge on any atom is 0.180 e. The average molecular weight is 197 g/mol. The van der Waals surface area contributed by atoms with Crippen LogP contribution >= 0.6 is 11.3 Å². The third kappa shape index (κ3) is 1.69. The maximum absolute atomic E-state index is 5.57. The van der Waals surface area contributed by atoms with Gasteiger partial charge in [-0.25, -0.2) is 4.98 Å². The van der Waals surface area contributed by atoms with Gasteiger partial charge in [0.15, 0.2) is 5.13 Å². The zero-order chi connectivity index (χ0) is 9.47. The predicted octanol–water partition coefficient (Wildman–Crippen LogP) is 1.71. The van der Waals surface area contributed by atoms with E-state index < -0.39 is 0 Å². The first-order chi connectivity index (χ1) is 6.08. The number of nitrogens with two attached hydrogens (primary N) is 1. The van der Waals surface area contributed by atoms with Crippen LogP contribution in [0, 0.1) is 0 Å². The molecule has 0 spiro atoms. The molecule has 72 valence electrons. The lowest BCUT2D eigenvalue weighted by Gasteiger charge is -2.48.